The molecule has 114 valence electrons. The molecule has 0 saturated carbocycles. The minimum Gasteiger partial charge on any atom is -0.355 e. The second-order valence-electron chi connectivity index (χ2n) is 5.56. The Kier molecular flexibility index (Phi) is 4.32. The fourth-order valence-electron chi connectivity index (χ4n) is 2.64. The van der Waals surface area contributed by atoms with Gasteiger partial charge >= 0.3 is 0 Å². The molecule has 1 unspecified atom stereocenters. The van der Waals surface area contributed by atoms with Gasteiger partial charge in [0.2, 0.25) is 0 Å². The number of benzene rings is 1. The maximum atomic E-state index is 12.2. The lowest BCUT2D eigenvalue weighted by Gasteiger charge is -2.16. The lowest BCUT2D eigenvalue weighted by atomic mass is 10.1. The molecular formula is C17H20N4O. The summed E-state index contributed by atoms with van der Waals surface area (Å²) >= 11 is 0. The number of carbonyl (C=O) groups excluding carboxylic acids is 1. The Morgan fingerprint density at radius 2 is 1.86 bits per heavy atom. The van der Waals surface area contributed by atoms with Gasteiger partial charge in [0.05, 0.1) is 18.4 Å². The Hall–Kier alpha value is -2.43. The first-order valence-electron chi connectivity index (χ1n) is 7.67. The van der Waals surface area contributed by atoms with E-state index in [4.69, 9.17) is 0 Å². The van der Waals surface area contributed by atoms with Crippen molar-refractivity contribution in [1.82, 2.24) is 15.3 Å². The number of hydrogen-bond donors (Lipinski definition) is 1. The van der Waals surface area contributed by atoms with E-state index in [-0.39, 0.29) is 11.9 Å². The molecule has 1 amide bonds. The van der Waals surface area contributed by atoms with E-state index in [0.29, 0.717) is 5.69 Å². The number of rotatable bonds is 4. The molecule has 0 aliphatic carbocycles. The van der Waals surface area contributed by atoms with Crippen LogP contribution < -0.4 is 10.2 Å². The lowest BCUT2D eigenvalue weighted by Crippen LogP contribution is -2.28. The average molecular weight is 296 g/mol. The molecule has 22 heavy (non-hydrogen) atoms. The normalized spacial score (nSPS) is 15.6. The highest BCUT2D eigenvalue weighted by atomic mass is 16.1. The molecule has 1 fully saturated rings. The summed E-state index contributed by atoms with van der Waals surface area (Å²) in [5.74, 6) is 0.655. The number of anilines is 1. The van der Waals surface area contributed by atoms with Crippen LogP contribution in [0.3, 0.4) is 0 Å². The van der Waals surface area contributed by atoms with E-state index in [2.05, 4.69) is 20.2 Å². The third kappa shape index (κ3) is 3.24. The van der Waals surface area contributed by atoms with E-state index in [0.717, 1.165) is 24.5 Å². The van der Waals surface area contributed by atoms with E-state index < -0.39 is 0 Å². The van der Waals surface area contributed by atoms with Crippen molar-refractivity contribution in [2.45, 2.75) is 25.8 Å². The molecule has 0 spiro atoms. The number of carbonyl (C=O) groups is 1. The predicted octanol–water partition coefficient (Wildman–Crippen LogP) is 2.57. The molecular weight excluding hydrogens is 276 g/mol. The summed E-state index contributed by atoms with van der Waals surface area (Å²) in [6, 6.07) is 9.81. The van der Waals surface area contributed by atoms with Crippen molar-refractivity contribution in [3.05, 3.63) is 54.0 Å². The fraction of sp³-hybridized carbons (Fsp3) is 0.353. The minimum atomic E-state index is -0.197. The highest BCUT2D eigenvalue weighted by Crippen LogP contribution is 2.16. The van der Waals surface area contributed by atoms with E-state index in [1.165, 1.54) is 12.8 Å². The standard InChI is InChI=1S/C17H20N4O/c1-13(14-7-3-2-4-8-14)20-17(22)15-11-19-16(12-18-15)21-9-5-6-10-21/h2-4,7-8,11-13H,5-6,9-10H2,1H3,(H,20,22). The smallest absolute Gasteiger partial charge is 0.271 e. The Balaban J connectivity index is 1.64. The maximum absolute atomic E-state index is 12.2. The van der Waals surface area contributed by atoms with Crippen LogP contribution >= 0.6 is 0 Å². The molecule has 1 aliphatic rings. The molecule has 1 aliphatic heterocycles. The van der Waals surface area contributed by atoms with Crippen molar-refractivity contribution < 1.29 is 4.79 Å². The quantitative estimate of drug-likeness (QED) is 0.942. The van der Waals surface area contributed by atoms with Gasteiger partial charge in [0.25, 0.3) is 5.91 Å². The van der Waals surface area contributed by atoms with Crippen LogP contribution in [0.4, 0.5) is 5.82 Å². The van der Waals surface area contributed by atoms with E-state index in [1.54, 1.807) is 12.4 Å². The Morgan fingerprint density at radius 1 is 1.14 bits per heavy atom. The molecule has 2 heterocycles. The zero-order valence-electron chi connectivity index (χ0n) is 12.7. The topological polar surface area (TPSA) is 58.1 Å². The Morgan fingerprint density at radius 3 is 2.50 bits per heavy atom. The van der Waals surface area contributed by atoms with Crippen LogP contribution in [0.1, 0.15) is 41.9 Å². The summed E-state index contributed by atoms with van der Waals surface area (Å²) in [4.78, 5) is 23.0. The molecule has 5 nitrogen and oxygen atoms in total. The highest BCUT2D eigenvalue weighted by Gasteiger charge is 2.16. The third-order valence-electron chi connectivity index (χ3n) is 3.95. The fourth-order valence-corrected chi connectivity index (χ4v) is 2.64. The van der Waals surface area contributed by atoms with Crippen LogP contribution in [0.25, 0.3) is 0 Å². The summed E-state index contributed by atoms with van der Waals surface area (Å²) in [6.45, 7) is 4.00. The monoisotopic (exact) mass is 296 g/mol. The van der Waals surface area contributed by atoms with Crippen LogP contribution in [0.15, 0.2) is 42.7 Å². The Labute approximate surface area is 130 Å². The van der Waals surface area contributed by atoms with Crippen molar-refractivity contribution in [2.24, 2.45) is 0 Å². The highest BCUT2D eigenvalue weighted by molar-refractivity contribution is 5.92. The van der Waals surface area contributed by atoms with Gasteiger partial charge in [-0.25, -0.2) is 9.97 Å². The molecule has 1 N–H and O–H groups in total. The van der Waals surface area contributed by atoms with E-state index >= 15 is 0 Å². The van der Waals surface area contributed by atoms with Crippen molar-refractivity contribution in [1.29, 1.82) is 0 Å². The lowest BCUT2D eigenvalue weighted by molar-refractivity contribution is 0.0934. The first-order chi connectivity index (χ1) is 10.7. The minimum absolute atomic E-state index is 0.0613. The molecule has 5 heteroatoms. The van der Waals surface area contributed by atoms with Crippen LogP contribution in [-0.2, 0) is 0 Å². The summed E-state index contributed by atoms with van der Waals surface area (Å²) < 4.78 is 0. The molecule has 1 atom stereocenters. The zero-order valence-corrected chi connectivity index (χ0v) is 12.7. The van der Waals surface area contributed by atoms with Crippen LogP contribution in [0, 0.1) is 0 Å². The van der Waals surface area contributed by atoms with Crippen molar-refractivity contribution in [3.8, 4) is 0 Å². The number of aromatic nitrogens is 2. The summed E-state index contributed by atoms with van der Waals surface area (Å²) in [6.07, 6.45) is 5.63. The van der Waals surface area contributed by atoms with Gasteiger partial charge in [0, 0.05) is 13.1 Å². The van der Waals surface area contributed by atoms with Gasteiger partial charge in [-0.1, -0.05) is 30.3 Å². The summed E-state index contributed by atoms with van der Waals surface area (Å²) in [7, 11) is 0. The summed E-state index contributed by atoms with van der Waals surface area (Å²) in [5, 5.41) is 2.95. The third-order valence-corrected chi connectivity index (χ3v) is 3.95. The number of amides is 1. The van der Waals surface area contributed by atoms with Crippen LogP contribution in [-0.4, -0.2) is 29.0 Å². The second kappa shape index (κ2) is 6.56. The van der Waals surface area contributed by atoms with Gasteiger partial charge in [-0.2, -0.15) is 0 Å². The molecule has 2 aromatic rings. The zero-order chi connectivity index (χ0) is 15.4. The van der Waals surface area contributed by atoms with Crippen molar-refractivity contribution >= 4 is 11.7 Å². The van der Waals surface area contributed by atoms with Crippen LogP contribution in [0.2, 0.25) is 0 Å². The molecule has 0 radical (unpaired) electrons. The molecule has 1 aromatic heterocycles. The average Bonchev–Trinajstić information content (AvgIpc) is 3.10. The van der Waals surface area contributed by atoms with E-state index in [1.807, 2.05) is 37.3 Å². The summed E-state index contributed by atoms with van der Waals surface area (Å²) in [5.41, 5.74) is 1.42. The van der Waals surface area contributed by atoms with Gasteiger partial charge in [-0.05, 0) is 25.3 Å². The van der Waals surface area contributed by atoms with Crippen molar-refractivity contribution in [3.63, 3.8) is 0 Å². The van der Waals surface area contributed by atoms with E-state index in [9.17, 15) is 4.79 Å². The molecule has 3 rings (SSSR count). The molecule has 1 saturated heterocycles. The number of nitrogens with zero attached hydrogens (tertiary/aromatic N) is 3. The Bertz CT molecular complexity index is 621. The molecule has 0 bridgehead atoms. The maximum Gasteiger partial charge on any atom is 0.271 e. The molecule has 1 aromatic carbocycles. The van der Waals surface area contributed by atoms with Gasteiger partial charge in [-0.15, -0.1) is 0 Å². The van der Waals surface area contributed by atoms with Gasteiger partial charge in [0.1, 0.15) is 11.5 Å². The number of hydrogen-bond acceptors (Lipinski definition) is 4. The van der Waals surface area contributed by atoms with Crippen LogP contribution in [0.5, 0.6) is 0 Å². The largest absolute Gasteiger partial charge is 0.355 e. The first kappa shape index (κ1) is 14.5. The van der Waals surface area contributed by atoms with Gasteiger partial charge < -0.3 is 10.2 Å². The first-order valence-corrected chi connectivity index (χ1v) is 7.67. The predicted molar refractivity (Wildman–Crippen MR) is 85.8 cm³/mol. The van der Waals surface area contributed by atoms with Gasteiger partial charge in [0.15, 0.2) is 0 Å². The number of nitrogens with one attached hydrogen (secondary N) is 1. The SMILES string of the molecule is CC(NC(=O)c1cnc(N2CCCC2)cn1)c1ccccc1. The van der Waals surface area contributed by atoms with Gasteiger partial charge in [-0.3, -0.25) is 4.79 Å². The van der Waals surface area contributed by atoms with Crippen molar-refractivity contribution in [2.75, 3.05) is 18.0 Å². The second-order valence-corrected chi connectivity index (χ2v) is 5.56.